The van der Waals surface area contributed by atoms with Gasteiger partial charge in [0.2, 0.25) is 11.6 Å². The summed E-state index contributed by atoms with van der Waals surface area (Å²) in [5.41, 5.74) is 10.0. The van der Waals surface area contributed by atoms with Crippen molar-refractivity contribution in [2.45, 2.75) is 19.8 Å². The molecule has 8 nitrogen and oxygen atoms in total. The number of methoxy groups -OCH3 is 1. The van der Waals surface area contributed by atoms with E-state index in [1.165, 1.54) is 13.2 Å². The molecule has 38 heavy (non-hydrogen) atoms. The van der Waals surface area contributed by atoms with Crippen LogP contribution in [0, 0.1) is 25.2 Å². The normalized spacial score (nSPS) is 14.4. The quantitative estimate of drug-likeness (QED) is 0.255. The first-order valence-electron chi connectivity index (χ1n) is 11.5. The molecule has 0 radical (unpaired) electrons. The first-order valence-corrected chi connectivity index (χ1v) is 11.9. The zero-order valence-electron chi connectivity index (χ0n) is 20.6. The fourth-order valence-electron chi connectivity index (χ4n) is 4.46. The van der Waals surface area contributed by atoms with Crippen molar-refractivity contribution in [2.24, 2.45) is 5.73 Å². The summed E-state index contributed by atoms with van der Waals surface area (Å²) in [5.74, 6) is -1.16. The Kier molecular flexibility index (Phi) is 6.31. The number of benzene rings is 3. The summed E-state index contributed by atoms with van der Waals surface area (Å²) in [4.78, 5) is 24.8. The molecule has 1 aliphatic rings. The van der Waals surface area contributed by atoms with Crippen molar-refractivity contribution in [2.75, 3.05) is 7.11 Å². The number of halogens is 1. The van der Waals surface area contributed by atoms with Gasteiger partial charge in [-0.25, -0.2) is 9.59 Å². The number of carbonyl (C=O) groups is 2. The molecule has 0 saturated heterocycles. The van der Waals surface area contributed by atoms with E-state index in [0.717, 1.165) is 16.5 Å². The predicted octanol–water partition coefficient (Wildman–Crippen LogP) is 5.93. The summed E-state index contributed by atoms with van der Waals surface area (Å²) >= 11 is 6.24. The van der Waals surface area contributed by atoms with E-state index in [-0.39, 0.29) is 23.0 Å². The molecule has 0 amide bonds. The highest BCUT2D eigenvalue weighted by Crippen LogP contribution is 2.43. The van der Waals surface area contributed by atoms with Crippen LogP contribution in [-0.2, 0) is 4.74 Å². The van der Waals surface area contributed by atoms with Crippen molar-refractivity contribution in [1.82, 2.24) is 0 Å². The lowest BCUT2D eigenvalue weighted by molar-refractivity contribution is 0.0600. The number of rotatable bonds is 4. The van der Waals surface area contributed by atoms with E-state index in [9.17, 15) is 14.9 Å². The maximum Gasteiger partial charge on any atom is 0.379 e. The van der Waals surface area contributed by atoms with Crippen LogP contribution in [-0.4, -0.2) is 19.0 Å². The maximum absolute atomic E-state index is 13.0. The van der Waals surface area contributed by atoms with Crippen molar-refractivity contribution in [3.8, 4) is 17.6 Å². The fourth-order valence-corrected chi connectivity index (χ4v) is 4.62. The van der Waals surface area contributed by atoms with Crippen LogP contribution < -0.4 is 15.2 Å². The molecule has 2 N–H and O–H groups in total. The lowest BCUT2D eigenvalue weighted by Gasteiger charge is -2.26. The number of ether oxygens (including phenoxy) is 3. The van der Waals surface area contributed by atoms with E-state index in [2.05, 4.69) is 6.07 Å². The van der Waals surface area contributed by atoms with Crippen LogP contribution in [0.15, 0.2) is 70.5 Å². The highest BCUT2D eigenvalue weighted by atomic mass is 35.5. The van der Waals surface area contributed by atoms with Crippen LogP contribution >= 0.6 is 11.6 Å². The Hall–Kier alpha value is -4.74. The summed E-state index contributed by atoms with van der Waals surface area (Å²) < 4.78 is 21.9. The van der Waals surface area contributed by atoms with E-state index in [1.54, 1.807) is 55.5 Å². The van der Waals surface area contributed by atoms with Gasteiger partial charge in [-0.05, 0) is 55.3 Å². The van der Waals surface area contributed by atoms with Crippen molar-refractivity contribution in [1.29, 1.82) is 5.26 Å². The molecule has 0 saturated carbocycles. The van der Waals surface area contributed by atoms with Gasteiger partial charge < -0.3 is 24.4 Å². The van der Waals surface area contributed by atoms with Crippen LogP contribution in [0.2, 0.25) is 5.02 Å². The molecule has 3 aromatic carbocycles. The van der Waals surface area contributed by atoms with E-state index >= 15 is 0 Å². The number of esters is 2. The second-order valence-corrected chi connectivity index (χ2v) is 9.19. The van der Waals surface area contributed by atoms with Gasteiger partial charge in [-0.3, -0.25) is 0 Å². The van der Waals surface area contributed by atoms with Crippen molar-refractivity contribution in [3.63, 3.8) is 0 Å². The minimum Gasteiger partial charge on any atom is -0.465 e. The van der Waals surface area contributed by atoms with Crippen LogP contribution in [0.4, 0.5) is 0 Å². The van der Waals surface area contributed by atoms with Crippen LogP contribution in [0.1, 0.15) is 49.1 Å². The topological polar surface area (TPSA) is 125 Å². The number of carbonyl (C=O) groups excluding carboxylic acids is 2. The average molecular weight is 529 g/mol. The number of allylic oxidation sites excluding steroid dienone is 1. The Bertz CT molecular complexity index is 1700. The molecule has 0 bridgehead atoms. The second kappa shape index (κ2) is 9.61. The average Bonchev–Trinajstić information content (AvgIpc) is 3.22. The lowest BCUT2D eigenvalue weighted by atomic mass is 9.83. The zero-order chi connectivity index (χ0) is 27.1. The largest absolute Gasteiger partial charge is 0.465 e. The molecular formula is C29H21ClN2O6. The molecule has 9 heteroatoms. The number of furan rings is 1. The van der Waals surface area contributed by atoms with Gasteiger partial charge in [0.05, 0.1) is 18.6 Å². The van der Waals surface area contributed by atoms with E-state index < -0.39 is 17.9 Å². The maximum atomic E-state index is 13.0. The van der Waals surface area contributed by atoms with Gasteiger partial charge in [-0.15, -0.1) is 0 Å². The Morgan fingerprint density at radius 1 is 1.05 bits per heavy atom. The highest BCUT2D eigenvalue weighted by Gasteiger charge is 2.31. The highest BCUT2D eigenvalue weighted by molar-refractivity contribution is 6.32. The predicted molar refractivity (Wildman–Crippen MR) is 139 cm³/mol. The number of aryl methyl sites for hydroxylation is 2. The number of nitrogens with zero attached hydrogens (tertiary/aromatic N) is 1. The number of hydrogen-bond donors (Lipinski definition) is 1. The Labute approximate surface area is 222 Å². The Morgan fingerprint density at radius 2 is 1.79 bits per heavy atom. The molecule has 0 spiro atoms. The van der Waals surface area contributed by atoms with Gasteiger partial charge >= 0.3 is 11.9 Å². The molecule has 5 rings (SSSR count). The van der Waals surface area contributed by atoms with E-state index in [4.69, 9.17) is 36.0 Å². The molecule has 1 aliphatic heterocycles. The minimum atomic E-state index is -0.681. The number of fused-ring (bicyclic) bond motifs is 2. The Balaban J connectivity index is 1.47. The summed E-state index contributed by atoms with van der Waals surface area (Å²) in [6.45, 7) is 3.61. The fraction of sp³-hybridized carbons (Fsp3) is 0.138. The third-order valence-electron chi connectivity index (χ3n) is 6.47. The molecule has 1 atom stereocenters. The zero-order valence-corrected chi connectivity index (χ0v) is 21.4. The van der Waals surface area contributed by atoms with Crippen molar-refractivity contribution >= 4 is 34.5 Å². The van der Waals surface area contributed by atoms with Crippen molar-refractivity contribution in [3.05, 3.63) is 105 Å². The van der Waals surface area contributed by atoms with Gasteiger partial charge in [-0.2, -0.15) is 5.26 Å². The van der Waals surface area contributed by atoms with Gasteiger partial charge in [0.1, 0.15) is 28.7 Å². The Morgan fingerprint density at radius 3 is 2.47 bits per heavy atom. The van der Waals surface area contributed by atoms with Gasteiger partial charge in [0.25, 0.3) is 0 Å². The summed E-state index contributed by atoms with van der Waals surface area (Å²) in [6.07, 6.45) is 0. The number of nitrogens with two attached hydrogens (primary N) is 1. The molecule has 1 unspecified atom stereocenters. The summed E-state index contributed by atoms with van der Waals surface area (Å²) in [5, 5.41) is 11.1. The van der Waals surface area contributed by atoms with Crippen molar-refractivity contribution < 1.29 is 28.2 Å². The summed E-state index contributed by atoms with van der Waals surface area (Å²) in [7, 11) is 1.30. The first kappa shape index (κ1) is 24.9. The van der Waals surface area contributed by atoms with E-state index in [1.807, 2.05) is 6.92 Å². The molecule has 0 aliphatic carbocycles. The molecule has 4 aromatic rings. The molecule has 1 aromatic heterocycles. The number of nitriles is 1. The van der Waals surface area contributed by atoms with Crippen LogP contribution in [0.3, 0.4) is 0 Å². The minimum absolute atomic E-state index is 0.0640. The standard InChI is InChI=1S/C29H21ClN2O6/c1-14-10-23-20(12-22(14)30)15(2)26(37-23)29(34)36-18-8-9-19-24(11-18)38-27(32)21(13-31)25(19)16-4-6-17(7-5-16)28(33)35-3/h4-12,25H,32H2,1-3H3. The molecule has 2 heterocycles. The summed E-state index contributed by atoms with van der Waals surface area (Å²) in [6, 6.07) is 17.2. The van der Waals surface area contributed by atoms with Gasteiger partial charge in [-0.1, -0.05) is 29.8 Å². The molecule has 0 fully saturated rings. The smallest absolute Gasteiger partial charge is 0.379 e. The van der Waals surface area contributed by atoms with Crippen LogP contribution in [0.25, 0.3) is 11.0 Å². The first-order chi connectivity index (χ1) is 18.2. The van der Waals surface area contributed by atoms with E-state index in [0.29, 0.717) is 33.0 Å². The third-order valence-corrected chi connectivity index (χ3v) is 6.88. The lowest BCUT2D eigenvalue weighted by Crippen LogP contribution is -2.21. The van der Waals surface area contributed by atoms with Gasteiger partial charge in [0.15, 0.2) is 0 Å². The monoisotopic (exact) mass is 528 g/mol. The number of hydrogen-bond acceptors (Lipinski definition) is 8. The molecule has 190 valence electrons. The van der Waals surface area contributed by atoms with Crippen LogP contribution in [0.5, 0.6) is 11.5 Å². The SMILES string of the molecule is COC(=O)c1ccc(C2C(C#N)=C(N)Oc3cc(OC(=O)c4oc5cc(C)c(Cl)cc5c4C)ccc32)cc1. The third kappa shape index (κ3) is 4.23. The van der Waals surface area contributed by atoms with Gasteiger partial charge in [0, 0.05) is 27.6 Å². The second-order valence-electron chi connectivity index (χ2n) is 8.78. The molecular weight excluding hydrogens is 508 g/mol.